The second-order valence-corrected chi connectivity index (χ2v) is 20.9. The Balaban J connectivity index is -0.000000166. The number of quaternary nitrogens is 10. The lowest BCUT2D eigenvalue weighted by atomic mass is 10.1. The van der Waals surface area contributed by atoms with Crippen LogP contribution in [0.25, 0.3) is 0 Å². The van der Waals surface area contributed by atoms with Crippen LogP contribution in [0.2, 0.25) is 0 Å². The maximum absolute atomic E-state index is 10.3. The average molecular weight is 1300 g/mol. The highest BCUT2D eigenvalue weighted by atomic mass is 127. The second kappa shape index (κ2) is 67.9. The molecule has 0 aromatic carbocycles. The molecule has 28 N–H and O–H groups in total. The molecule has 0 saturated carbocycles. The molecule has 4 atom stereocenters. The number of halogens is 4. The lowest BCUT2D eigenvalue weighted by Crippen LogP contribution is -2.66. The van der Waals surface area contributed by atoms with Crippen LogP contribution >= 0.6 is 68.4 Å². The van der Waals surface area contributed by atoms with E-state index in [1.165, 1.54) is 56.0 Å². The normalized spacial score (nSPS) is 18.1. The fourth-order valence-electron chi connectivity index (χ4n) is 4.45. The van der Waals surface area contributed by atoms with Gasteiger partial charge in [0.2, 0.25) is 0 Å². The van der Waals surface area contributed by atoms with Gasteiger partial charge in [-0.3, -0.25) is 0 Å². The van der Waals surface area contributed by atoms with Crippen molar-refractivity contribution in [3.8, 4) is 11.8 Å². The van der Waals surface area contributed by atoms with Gasteiger partial charge in [0.15, 0.2) is 6.04 Å². The van der Waals surface area contributed by atoms with Crippen molar-refractivity contribution in [2.45, 2.75) is 112 Å². The molecule has 4 unspecified atom stereocenters. The molecule has 0 aromatic rings. The summed E-state index contributed by atoms with van der Waals surface area (Å²) < 4.78 is 32.3. The number of nitrogens with zero attached hydrogens (tertiary/aromatic N) is 2. The molecule has 428 valence electrons. The average Bonchev–Trinajstić information content (AvgIpc) is 4.01. The fraction of sp³-hybridized carbons (Fsp3) is 0.854. The molecule has 4 heterocycles. The minimum Gasteiger partial charge on any atom is -0.461 e. The first-order chi connectivity index (χ1) is 33.8. The van der Waals surface area contributed by atoms with Crippen molar-refractivity contribution in [3.63, 3.8) is 0 Å². The maximum Gasteiger partial charge on any atom is 0.364 e. The van der Waals surface area contributed by atoms with Crippen LogP contribution in [0.3, 0.4) is 0 Å². The van der Waals surface area contributed by atoms with E-state index in [4.69, 9.17) is 52.0 Å². The van der Waals surface area contributed by atoms with Crippen molar-refractivity contribution in [2.75, 3.05) is 151 Å². The van der Waals surface area contributed by atoms with Gasteiger partial charge in [0.1, 0.15) is 38.6 Å². The van der Waals surface area contributed by atoms with Gasteiger partial charge in [-0.05, 0) is 39.0 Å². The molecule has 0 amide bonds. The van der Waals surface area contributed by atoms with Crippen LogP contribution in [-0.2, 0) is 33.2 Å². The lowest BCUT2D eigenvalue weighted by Gasteiger charge is -2.23. The Morgan fingerprint density at radius 3 is 1.68 bits per heavy atom. The van der Waals surface area contributed by atoms with E-state index in [2.05, 4.69) is 160 Å². The Kier molecular flexibility index (Phi) is 78.6. The van der Waals surface area contributed by atoms with Gasteiger partial charge in [-0.1, -0.05) is 70.9 Å². The summed E-state index contributed by atoms with van der Waals surface area (Å²) in [5.41, 5.74) is 33.2. The van der Waals surface area contributed by atoms with Gasteiger partial charge in [0.05, 0.1) is 117 Å². The Bertz CT molecular complexity index is 1100. The highest BCUT2D eigenvalue weighted by molar-refractivity contribution is 14.1. The van der Waals surface area contributed by atoms with E-state index >= 15 is 0 Å². The molecule has 23 heteroatoms. The van der Waals surface area contributed by atoms with Crippen LogP contribution in [0.1, 0.15) is 78.1 Å². The number of likely N-dealkylation sites (tertiary alicyclic amines) is 1. The summed E-state index contributed by atoms with van der Waals surface area (Å²) in [6.07, 6.45) is 17.1. The monoisotopic (exact) mass is 1300 g/mol. The van der Waals surface area contributed by atoms with E-state index in [-0.39, 0.29) is 24.0 Å². The van der Waals surface area contributed by atoms with Crippen molar-refractivity contribution in [2.24, 2.45) is 0 Å². The highest BCUT2D eigenvalue weighted by Crippen LogP contribution is 2.07. The van der Waals surface area contributed by atoms with Gasteiger partial charge in [-0.25, -0.2) is 4.79 Å². The van der Waals surface area contributed by atoms with E-state index in [1.54, 1.807) is 6.20 Å². The molecule has 4 saturated heterocycles. The van der Waals surface area contributed by atoms with Crippen LogP contribution < -0.4 is 51.6 Å². The third-order valence-corrected chi connectivity index (χ3v) is 13.7. The summed E-state index contributed by atoms with van der Waals surface area (Å²) in [7, 11) is 8.36. The van der Waals surface area contributed by atoms with Crippen LogP contribution in [0, 0.1) is 11.8 Å². The van der Waals surface area contributed by atoms with E-state index < -0.39 is 0 Å². The Hall–Kier alpha value is -0.130. The molecular formula is C48H115Cl2I2N11O8+10. The molecular weight excluding hydrogens is 1180 g/mol. The van der Waals surface area contributed by atoms with Crippen LogP contribution in [0.5, 0.6) is 0 Å². The minimum absolute atomic E-state index is 0.0787. The summed E-state index contributed by atoms with van der Waals surface area (Å²) in [6, 6.07) is 1.55. The number of hydrogen-bond acceptors (Lipinski definition) is 9. The molecule has 0 aromatic heterocycles. The topological polar surface area (TPSA) is 345 Å². The lowest BCUT2D eigenvalue weighted by molar-refractivity contribution is -0.816. The molecule has 4 aliphatic rings. The number of aliphatic hydroxyl groups is 1. The predicted molar refractivity (Wildman–Crippen MR) is 305 cm³/mol. The first-order valence-corrected chi connectivity index (χ1v) is 29.1. The zero-order valence-electron chi connectivity index (χ0n) is 46.0. The van der Waals surface area contributed by atoms with E-state index in [1.807, 2.05) is 19.2 Å². The predicted octanol–water partition coefficient (Wildman–Crippen LogP) is -3.53. The number of alkyl halides is 4. The molecule has 0 aliphatic carbocycles. The molecule has 0 spiro atoms. The van der Waals surface area contributed by atoms with E-state index in [0.717, 1.165) is 92.7 Å². The molecule has 71 heavy (non-hydrogen) atoms. The Labute approximate surface area is 469 Å². The van der Waals surface area contributed by atoms with Gasteiger partial charge in [-0.2, -0.15) is 0 Å². The summed E-state index contributed by atoms with van der Waals surface area (Å²) in [4.78, 5) is 12.7. The molecule has 4 aliphatic heterocycles. The Morgan fingerprint density at radius 2 is 1.41 bits per heavy atom. The Morgan fingerprint density at radius 1 is 0.859 bits per heavy atom. The standard InChI is InChI=1S/C8H15N.C6H14N2.C6H15NO3.C5H12N.C4H9Cl2N.C4H9I2N.C4H9NO2.C4H7NO2.C4H9NO.C3H7N/c1-2-3-4-5-6-7-8-9;1-8-4-2-6(7)3-5-8;7-1-3-9-5-6-10-4-2-8;1-5-6(2,3)4;2*5-3-4(6)1-2-7;5-4-1-6-3-7-2-4;5-3-1-2-7-4(3)6;5-4-1-2-6-3-4;1-2-3-4/h2-5,8-9H2,1H3;6H,2-5,7H2,1H3;8H,1-7H2;5H,1H2,2-4H3;2*4H,1-3,7H2;4H,1-3,5H2;3H,1-2,5H2;4H,1-3,5H2;2-3H,4H2,1H3/q;;;+1;;;;;;/p+9/b;;;;;;;;;3-2+. The minimum atomic E-state index is -0.153. The van der Waals surface area contributed by atoms with Crippen LogP contribution in [0.4, 0.5) is 0 Å². The fourth-order valence-corrected chi connectivity index (χ4v) is 5.63. The molecule has 0 bridgehead atoms. The smallest absolute Gasteiger partial charge is 0.364 e. The number of carbonyl (C=O) groups is 1. The second-order valence-electron chi connectivity index (χ2n) is 17.4. The van der Waals surface area contributed by atoms with E-state index in [0.29, 0.717) is 57.8 Å². The first-order valence-electron chi connectivity index (χ1n) is 25.4. The number of hydrogen-bond donors (Lipinski definition) is 10. The van der Waals surface area contributed by atoms with Gasteiger partial charge in [0.25, 0.3) is 0 Å². The summed E-state index contributed by atoms with van der Waals surface area (Å²) in [6.45, 7) is 20.4. The third kappa shape index (κ3) is 84.1. The number of unbranched alkanes of at least 4 members (excludes halogenated alkanes) is 3. The van der Waals surface area contributed by atoms with Crippen molar-refractivity contribution >= 4 is 74.4 Å². The number of allylic oxidation sites excluding steroid dienone is 1. The van der Waals surface area contributed by atoms with Gasteiger partial charge in [0, 0.05) is 72.3 Å². The summed E-state index contributed by atoms with van der Waals surface area (Å²) in [5, 5.41) is 8.42. The quantitative estimate of drug-likeness (QED) is 0.0172. The zero-order chi connectivity index (χ0) is 55.4. The number of piperidine rings is 1. The van der Waals surface area contributed by atoms with Gasteiger partial charge in [-0.15, -0.1) is 23.2 Å². The zero-order valence-corrected chi connectivity index (χ0v) is 51.8. The number of cyclic esters (lactones) is 1. The van der Waals surface area contributed by atoms with Crippen LogP contribution in [0.15, 0.2) is 25.1 Å². The molecule has 19 nitrogen and oxygen atoms in total. The van der Waals surface area contributed by atoms with Crippen molar-refractivity contribution in [1.82, 2.24) is 4.90 Å². The summed E-state index contributed by atoms with van der Waals surface area (Å²) >= 11 is 15.8. The highest BCUT2D eigenvalue weighted by Gasteiger charge is 2.25. The van der Waals surface area contributed by atoms with Crippen molar-refractivity contribution < 1.29 is 94.4 Å². The first kappa shape index (κ1) is 82.2. The van der Waals surface area contributed by atoms with Crippen molar-refractivity contribution in [3.05, 3.63) is 25.1 Å². The van der Waals surface area contributed by atoms with E-state index in [9.17, 15) is 4.79 Å². The molecule has 4 rings (SSSR count). The molecule has 0 radical (unpaired) electrons. The number of esters is 1. The van der Waals surface area contributed by atoms with Gasteiger partial charge >= 0.3 is 5.97 Å². The number of aliphatic hydroxyl groups excluding tert-OH is 1. The largest absolute Gasteiger partial charge is 0.461 e. The summed E-state index contributed by atoms with van der Waals surface area (Å²) in [5.74, 6) is 6.39. The van der Waals surface area contributed by atoms with Gasteiger partial charge < -0.3 is 94.5 Å². The molecule has 4 fully saturated rings. The number of rotatable bonds is 17. The number of carbonyl (C=O) groups excluding carboxylic acids is 1. The SMILES string of the molecule is C/C=C/[NH3+].C=C[N+](C)(C)C.CCCCCC#CC[NH3+].CN1CCC([NH3+])CC1.[NH3+]C1CCOC1.[NH3+]C1CCOC1=O.[NH3+]C1COCOC1.[NH3+]CCC(Cl)CCl.[NH3+]CCC(I)CI.[NH3+]CCOCCOCCO. The maximum atomic E-state index is 10.3. The van der Waals surface area contributed by atoms with Crippen LogP contribution in [-0.4, -0.2) is 205 Å². The van der Waals surface area contributed by atoms with Crippen molar-refractivity contribution in [1.29, 1.82) is 0 Å². The third-order valence-electron chi connectivity index (χ3n) is 8.98. The number of ether oxygens (including phenoxy) is 6.